The number of primary amides is 2. The first-order valence-electron chi connectivity index (χ1n) is 8.99. The maximum absolute atomic E-state index is 12.0. The Bertz CT molecular complexity index is 951. The Kier molecular flexibility index (Phi) is 4.45. The molecule has 0 fully saturated rings. The number of rotatable bonds is 4. The monoisotopic (exact) mass is 372 g/mol. The molecule has 4 N–H and O–H groups in total. The molecular weight excluding hydrogens is 352 g/mol. The lowest BCUT2D eigenvalue weighted by Crippen LogP contribution is -2.37. The van der Waals surface area contributed by atoms with Crippen LogP contribution >= 0.6 is 0 Å². The molecule has 0 saturated heterocycles. The van der Waals surface area contributed by atoms with Gasteiger partial charge in [-0.05, 0) is 36.4 Å². The summed E-state index contributed by atoms with van der Waals surface area (Å²) in [5, 5.41) is 0. The summed E-state index contributed by atoms with van der Waals surface area (Å²) in [6.07, 6.45) is 0. The highest BCUT2D eigenvalue weighted by molar-refractivity contribution is 6.09. The van der Waals surface area contributed by atoms with Gasteiger partial charge in [0, 0.05) is 24.5 Å². The van der Waals surface area contributed by atoms with Gasteiger partial charge in [0.15, 0.2) is 0 Å². The SMILES string of the molecule is NC(=O)c1cc2c(cc1C(N)=O)N(c1ccccc1)CCN2c1ccccc1. The average Bonchev–Trinajstić information content (AvgIpc) is 2.73. The summed E-state index contributed by atoms with van der Waals surface area (Å²) in [5.41, 5.74) is 14.9. The Balaban J connectivity index is 1.94. The molecule has 0 spiro atoms. The van der Waals surface area contributed by atoms with Crippen molar-refractivity contribution in [3.63, 3.8) is 0 Å². The van der Waals surface area contributed by atoms with Crippen LogP contribution in [-0.2, 0) is 0 Å². The fourth-order valence-electron chi connectivity index (χ4n) is 3.61. The van der Waals surface area contributed by atoms with E-state index in [4.69, 9.17) is 11.5 Å². The Morgan fingerprint density at radius 3 is 1.32 bits per heavy atom. The van der Waals surface area contributed by atoms with E-state index in [1.165, 1.54) is 0 Å². The van der Waals surface area contributed by atoms with Crippen molar-refractivity contribution in [2.24, 2.45) is 11.5 Å². The number of anilines is 4. The highest BCUT2D eigenvalue weighted by Crippen LogP contribution is 2.42. The molecule has 0 unspecified atom stereocenters. The van der Waals surface area contributed by atoms with Crippen LogP contribution in [0, 0.1) is 0 Å². The van der Waals surface area contributed by atoms with Crippen LogP contribution in [0.3, 0.4) is 0 Å². The molecule has 3 aromatic rings. The highest BCUT2D eigenvalue weighted by Gasteiger charge is 2.28. The van der Waals surface area contributed by atoms with E-state index in [9.17, 15) is 9.59 Å². The molecular formula is C22H20N4O2. The first kappa shape index (κ1) is 17.6. The van der Waals surface area contributed by atoms with E-state index in [0.29, 0.717) is 13.1 Å². The van der Waals surface area contributed by atoms with Crippen LogP contribution in [0.2, 0.25) is 0 Å². The number of hydrogen-bond donors (Lipinski definition) is 2. The predicted molar refractivity (Wildman–Crippen MR) is 110 cm³/mol. The third-order valence-corrected chi connectivity index (χ3v) is 4.91. The Morgan fingerprint density at radius 2 is 1.00 bits per heavy atom. The van der Waals surface area contributed by atoms with Crippen molar-refractivity contribution < 1.29 is 9.59 Å². The number of para-hydroxylation sites is 2. The predicted octanol–water partition coefficient (Wildman–Crippen LogP) is 3.17. The van der Waals surface area contributed by atoms with Gasteiger partial charge in [0.1, 0.15) is 0 Å². The lowest BCUT2D eigenvalue weighted by molar-refractivity contribution is 0.0967. The topological polar surface area (TPSA) is 92.7 Å². The smallest absolute Gasteiger partial charge is 0.249 e. The standard InChI is InChI=1S/C22H20N4O2/c23-21(27)17-13-19-20(14-18(17)22(24)28)26(16-9-5-2-6-10-16)12-11-25(19)15-7-3-1-4-8-15/h1-10,13-14H,11-12H2,(H2,23,27)(H2,24,28). The third kappa shape index (κ3) is 3.05. The highest BCUT2D eigenvalue weighted by atomic mass is 16.2. The summed E-state index contributed by atoms with van der Waals surface area (Å²) in [5.74, 6) is -1.36. The molecule has 1 heterocycles. The largest absolute Gasteiger partial charge is 0.366 e. The van der Waals surface area contributed by atoms with Crippen LogP contribution in [0.15, 0.2) is 72.8 Å². The summed E-state index contributed by atoms with van der Waals surface area (Å²) in [6, 6.07) is 23.1. The molecule has 4 rings (SSSR count). The number of hydrogen-bond acceptors (Lipinski definition) is 4. The minimum Gasteiger partial charge on any atom is -0.366 e. The van der Waals surface area contributed by atoms with E-state index >= 15 is 0 Å². The quantitative estimate of drug-likeness (QED) is 0.736. The number of fused-ring (bicyclic) bond motifs is 1. The van der Waals surface area contributed by atoms with Gasteiger partial charge in [-0.15, -0.1) is 0 Å². The zero-order valence-corrected chi connectivity index (χ0v) is 15.2. The number of benzene rings is 3. The van der Waals surface area contributed by atoms with E-state index in [-0.39, 0.29) is 11.1 Å². The van der Waals surface area contributed by atoms with E-state index in [2.05, 4.69) is 9.80 Å². The van der Waals surface area contributed by atoms with Gasteiger partial charge in [-0.1, -0.05) is 36.4 Å². The van der Waals surface area contributed by atoms with Gasteiger partial charge in [-0.25, -0.2) is 0 Å². The van der Waals surface area contributed by atoms with Gasteiger partial charge >= 0.3 is 0 Å². The van der Waals surface area contributed by atoms with Crippen LogP contribution in [0.4, 0.5) is 22.7 Å². The maximum atomic E-state index is 12.0. The molecule has 0 aromatic heterocycles. The van der Waals surface area contributed by atoms with Crippen LogP contribution in [0.1, 0.15) is 20.7 Å². The van der Waals surface area contributed by atoms with Gasteiger partial charge in [0.2, 0.25) is 11.8 Å². The fourth-order valence-corrected chi connectivity index (χ4v) is 3.61. The maximum Gasteiger partial charge on any atom is 0.249 e. The second-order valence-electron chi connectivity index (χ2n) is 6.59. The third-order valence-electron chi connectivity index (χ3n) is 4.91. The molecule has 0 radical (unpaired) electrons. The molecule has 0 bridgehead atoms. The summed E-state index contributed by atoms with van der Waals surface area (Å²) < 4.78 is 0. The van der Waals surface area contributed by atoms with Crippen LogP contribution in [0.25, 0.3) is 0 Å². The Labute approximate surface area is 163 Å². The molecule has 140 valence electrons. The molecule has 28 heavy (non-hydrogen) atoms. The summed E-state index contributed by atoms with van der Waals surface area (Å²) in [4.78, 5) is 28.2. The molecule has 2 amide bonds. The zero-order chi connectivity index (χ0) is 19.7. The molecule has 0 atom stereocenters. The van der Waals surface area contributed by atoms with Crippen molar-refractivity contribution in [1.82, 2.24) is 0 Å². The van der Waals surface area contributed by atoms with Crippen LogP contribution in [0.5, 0.6) is 0 Å². The van der Waals surface area contributed by atoms with Crippen LogP contribution in [-0.4, -0.2) is 24.9 Å². The molecule has 3 aromatic carbocycles. The number of carbonyl (C=O) groups is 2. The summed E-state index contributed by atoms with van der Waals surface area (Å²) in [7, 11) is 0. The van der Waals surface area contributed by atoms with Crippen molar-refractivity contribution in [1.29, 1.82) is 0 Å². The van der Waals surface area contributed by atoms with Gasteiger partial charge in [-0.2, -0.15) is 0 Å². The second kappa shape index (κ2) is 7.08. The van der Waals surface area contributed by atoms with Gasteiger partial charge in [0.05, 0.1) is 22.5 Å². The average molecular weight is 372 g/mol. The molecule has 6 heteroatoms. The van der Waals surface area contributed by atoms with E-state index < -0.39 is 11.8 Å². The molecule has 0 saturated carbocycles. The Morgan fingerprint density at radius 1 is 0.643 bits per heavy atom. The number of nitrogens with two attached hydrogens (primary N) is 2. The molecule has 1 aliphatic heterocycles. The van der Waals surface area contributed by atoms with E-state index in [0.717, 1.165) is 22.7 Å². The van der Waals surface area contributed by atoms with Crippen molar-refractivity contribution >= 4 is 34.6 Å². The normalized spacial score (nSPS) is 13.1. The molecule has 1 aliphatic rings. The summed E-state index contributed by atoms with van der Waals surface area (Å²) >= 11 is 0. The number of carbonyl (C=O) groups excluding carboxylic acids is 2. The van der Waals surface area contributed by atoms with Gasteiger partial charge in [-0.3, -0.25) is 9.59 Å². The van der Waals surface area contributed by atoms with Gasteiger partial charge in [0.25, 0.3) is 0 Å². The number of amides is 2. The lowest BCUT2D eigenvalue weighted by atomic mass is 10.00. The van der Waals surface area contributed by atoms with Crippen molar-refractivity contribution in [2.45, 2.75) is 0 Å². The first-order valence-corrected chi connectivity index (χ1v) is 8.99. The fraction of sp³-hybridized carbons (Fsp3) is 0.0909. The minimum absolute atomic E-state index is 0.127. The second-order valence-corrected chi connectivity index (χ2v) is 6.59. The van der Waals surface area contributed by atoms with Crippen molar-refractivity contribution in [3.8, 4) is 0 Å². The molecule has 0 aliphatic carbocycles. The van der Waals surface area contributed by atoms with Gasteiger partial charge < -0.3 is 21.3 Å². The first-order chi connectivity index (χ1) is 13.6. The van der Waals surface area contributed by atoms with Crippen molar-refractivity contribution in [2.75, 3.05) is 22.9 Å². The van der Waals surface area contributed by atoms with E-state index in [1.54, 1.807) is 12.1 Å². The van der Waals surface area contributed by atoms with Crippen molar-refractivity contribution in [3.05, 3.63) is 83.9 Å². The van der Waals surface area contributed by atoms with E-state index in [1.807, 2.05) is 60.7 Å². The Hall–Kier alpha value is -3.80. The lowest BCUT2D eigenvalue weighted by Gasteiger charge is -2.39. The minimum atomic E-state index is -0.679. The molecule has 6 nitrogen and oxygen atoms in total. The summed E-state index contributed by atoms with van der Waals surface area (Å²) in [6.45, 7) is 1.42. The number of nitrogens with zero attached hydrogens (tertiary/aromatic N) is 2. The zero-order valence-electron chi connectivity index (χ0n) is 15.2. The van der Waals surface area contributed by atoms with Crippen LogP contribution < -0.4 is 21.3 Å².